The van der Waals surface area contributed by atoms with Gasteiger partial charge in [-0.05, 0) is 0 Å². The van der Waals surface area contributed by atoms with Crippen molar-refractivity contribution in [2.24, 2.45) is 0 Å². The van der Waals surface area contributed by atoms with E-state index in [0.717, 1.165) is 0 Å². The van der Waals surface area contributed by atoms with Crippen LogP contribution in [0.15, 0.2) is 0 Å². The van der Waals surface area contributed by atoms with Crippen LogP contribution >= 0.6 is 37.2 Å². The van der Waals surface area contributed by atoms with E-state index in [-0.39, 0.29) is 0 Å². The summed E-state index contributed by atoms with van der Waals surface area (Å²) in [6.45, 7) is 3.67. The summed E-state index contributed by atoms with van der Waals surface area (Å²) < 4.78 is 6.93. The molecular weight excluding hydrogens is 210 g/mol. The number of hydrogen-bond acceptors (Lipinski definition) is 0. The molecule has 0 aliphatic carbocycles. The van der Waals surface area contributed by atoms with Crippen molar-refractivity contribution < 1.29 is 0 Å². The monoisotopic (exact) mass is 215 g/mol. The van der Waals surface area contributed by atoms with Gasteiger partial charge in [-0.3, -0.25) is 0 Å². The van der Waals surface area contributed by atoms with Gasteiger partial charge in [-0.1, -0.05) is 22.0 Å². The highest BCUT2D eigenvalue weighted by molar-refractivity contribution is 14.2. The van der Waals surface area contributed by atoms with Crippen molar-refractivity contribution in [3.05, 3.63) is 0 Å². The zero-order chi connectivity index (χ0) is 4.99. The molecule has 27 valence electrons. The molecule has 3 radical (unpaired) electrons. The van der Waals surface area contributed by atoms with Gasteiger partial charge in [-0.2, -0.15) is 0 Å². The van der Waals surface area contributed by atoms with Crippen molar-refractivity contribution in [3.63, 3.8) is 0 Å². The second-order valence-electron chi connectivity index (χ2n) is 0.439. The average molecular weight is 215 g/mol. The standard InChI is InChI=1S/B2H3IP2/c3-5-2-1-4/h5H,4H2/q-1/i5D. The lowest BCUT2D eigenvalue weighted by atomic mass is 9.76. The third-order valence-electron chi connectivity index (χ3n) is 0.142. The quantitative estimate of drug-likeness (QED) is 0.366. The molecule has 0 bridgehead atoms. The SMILES string of the molecule is [2H]P(I)[B][B-]P. The van der Waals surface area contributed by atoms with Crippen LogP contribution in [0.25, 0.3) is 0 Å². The Hall–Kier alpha value is 1.72. The lowest BCUT2D eigenvalue weighted by molar-refractivity contribution is 4.36. The third kappa shape index (κ3) is 5.72. The van der Waals surface area contributed by atoms with E-state index in [9.17, 15) is 0 Å². The molecule has 0 N–H and O–H groups in total. The van der Waals surface area contributed by atoms with E-state index in [2.05, 4.69) is 31.2 Å². The van der Waals surface area contributed by atoms with Crippen LogP contribution in [0.3, 0.4) is 0 Å². The fraction of sp³-hybridized carbons (Fsp3) is 0. The Balaban J connectivity index is 2.63. The van der Waals surface area contributed by atoms with E-state index in [1.807, 2.05) is 13.8 Å². The highest BCUT2D eigenvalue weighted by Crippen LogP contribution is 2.16. The van der Waals surface area contributed by atoms with Crippen LogP contribution in [0.5, 0.6) is 0 Å². The van der Waals surface area contributed by atoms with Crippen molar-refractivity contribution in [1.82, 2.24) is 0 Å². The maximum Gasteiger partial charge on any atom is 0.0551 e. The number of halogens is 1. The summed E-state index contributed by atoms with van der Waals surface area (Å²) in [7, 11) is 2.43. The fourth-order valence-corrected chi connectivity index (χ4v) is 1.96. The van der Waals surface area contributed by atoms with E-state index >= 15 is 0 Å². The highest BCUT2D eigenvalue weighted by atomic mass is 127. The Labute approximate surface area is 52.4 Å². The molecule has 0 aliphatic rings. The van der Waals surface area contributed by atoms with E-state index in [0.29, 0.717) is 0 Å². The maximum absolute atomic E-state index is 6.93. The first-order chi connectivity index (χ1) is 2.77. The van der Waals surface area contributed by atoms with Crippen LogP contribution in [0, 0.1) is 0 Å². The first-order valence-electron chi connectivity index (χ1n) is 1.54. The van der Waals surface area contributed by atoms with Crippen molar-refractivity contribution in [3.8, 4) is 0 Å². The molecule has 5 heteroatoms. The summed E-state index contributed by atoms with van der Waals surface area (Å²) in [4.78, 5) is 0. The highest BCUT2D eigenvalue weighted by Gasteiger charge is 1.55. The molecule has 0 nitrogen and oxygen atoms in total. The zero-order valence-corrected chi connectivity index (χ0v) is 6.76. The Kier molecular flexibility index (Phi) is 5.57. The molecule has 0 aromatic carbocycles. The van der Waals surface area contributed by atoms with Gasteiger partial charge in [0.2, 0.25) is 0 Å². The van der Waals surface area contributed by atoms with Gasteiger partial charge in [0.1, 0.15) is 0 Å². The molecule has 2 unspecified atom stereocenters. The molecular formula is H3B2IP2-. The predicted octanol–water partition coefficient (Wildman–Crippen LogP) is 1.04. The van der Waals surface area contributed by atoms with E-state index in [4.69, 9.17) is 1.28 Å². The summed E-state index contributed by atoms with van der Waals surface area (Å²) in [6, 6.07) is -0.582. The molecule has 0 heterocycles. The van der Waals surface area contributed by atoms with Gasteiger partial charge in [0.25, 0.3) is 0 Å². The molecule has 0 aromatic rings. The second kappa shape index (κ2) is 5.72. The van der Waals surface area contributed by atoms with Crippen LogP contribution in [-0.2, 0) is 0 Å². The van der Waals surface area contributed by atoms with Crippen LogP contribution in [0.4, 0.5) is 0 Å². The predicted molar refractivity (Wildman–Crippen MR) is 43.6 cm³/mol. The number of hydrogen-bond donors (Lipinski definition) is 0. The van der Waals surface area contributed by atoms with Gasteiger partial charge in [-0.15, -0.1) is 12.9 Å². The van der Waals surface area contributed by atoms with Crippen molar-refractivity contribution in [2.45, 2.75) is 0 Å². The minimum atomic E-state index is -0.582. The van der Waals surface area contributed by atoms with Crippen molar-refractivity contribution in [2.75, 3.05) is 0 Å². The van der Waals surface area contributed by atoms with E-state index < -0.39 is 6.05 Å². The van der Waals surface area contributed by atoms with Crippen molar-refractivity contribution >= 4 is 51.0 Å². The Morgan fingerprint density at radius 1 is 2.40 bits per heavy atom. The molecule has 2 atom stereocenters. The first-order valence-corrected chi connectivity index (χ1v) is 5.51. The largest absolute Gasteiger partial charge is 0.385 e. The summed E-state index contributed by atoms with van der Waals surface area (Å²) in [5, 5.41) is 0. The molecule has 0 saturated heterocycles. The minimum absolute atomic E-state index is 0.582. The zero-order valence-electron chi connectivity index (χ0n) is 3.56. The van der Waals surface area contributed by atoms with Gasteiger partial charge >= 0.3 is 0 Å². The Morgan fingerprint density at radius 3 is 3.00 bits per heavy atom. The molecule has 0 spiro atoms. The van der Waals surface area contributed by atoms with Gasteiger partial charge < -0.3 is 16.0 Å². The minimum Gasteiger partial charge on any atom is -0.385 e. The van der Waals surface area contributed by atoms with Crippen LogP contribution in [0.2, 0.25) is 0 Å². The van der Waals surface area contributed by atoms with E-state index in [1.54, 1.807) is 0 Å². The van der Waals surface area contributed by atoms with Gasteiger partial charge in [0.15, 0.2) is 0 Å². The number of rotatable bonds is 2. The lowest BCUT2D eigenvalue weighted by Crippen LogP contribution is -1.79. The maximum atomic E-state index is 6.93. The summed E-state index contributed by atoms with van der Waals surface area (Å²) in [5.41, 5.74) is 0. The Morgan fingerprint density at radius 2 is 3.00 bits per heavy atom. The van der Waals surface area contributed by atoms with E-state index in [1.165, 1.54) is 0 Å². The molecule has 0 saturated carbocycles. The normalized spacial score (nSPS) is 16.8. The Bertz CT molecular complexity index is 32.7. The molecule has 0 rings (SSSR count). The second-order valence-corrected chi connectivity index (χ2v) is 2.99. The molecule has 0 fully saturated rings. The molecule has 0 amide bonds. The van der Waals surface area contributed by atoms with Crippen molar-refractivity contribution in [1.29, 1.82) is 1.28 Å². The van der Waals surface area contributed by atoms with Crippen LogP contribution in [-0.4, -0.2) is 15.1 Å². The molecule has 0 aromatic heterocycles. The average Bonchev–Trinajstić information content (AvgIpc) is 1.35. The topological polar surface area (TPSA) is 0 Å². The summed E-state index contributed by atoms with van der Waals surface area (Å²) in [5.74, 6) is 0. The summed E-state index contributed by atoms with van der Waals surface area (Å²) >= 11 is 2.07. The van der Waals surface area contributed by atoms with Gasteiger partial charge in [-0.25, -0.2) is 0 Å². The third-order valence-corrected chi connectivity index (χ3v) is 1.91. The first kappa shape index (κ1) is 4.87. The fourth-order valence-electron chi connectivity index (χ4n) is 0.0325. The smallest absolute Gasteiger partial charge is 0.0551 e. The van der Waals surface area contributed by atoms with Gasteiger partial charge in [0, 0.05) is 0 Å². The summed E-state index contributed by atoms with van der Waals surface area (Å²) in [6.07, 6.45) is 0. The van der Waals surface area contributed by atoms with Gasteiger partial charge in [0.05, 0.1) is 1.28 Å². The lowest BCUT2D eigenvalue weighted by Gasteiger charge is -1.95. The molecule has 0 aliphatic heterocycles. The van der Waals surface area contributed by atoms with Crippen LogP contribution in [0.1, 0.15) is 0 Å². The van der Waals surface area contributed by atoms with Crippen LogP contribution < -0.4 is 0 Å². The molecule has 5 heavy (non-hydrogen) atoms.